The Labute approximate surface area is 207 Å². The van der Waals surface area contributed by atoms with Gasteiger partial charge in [-0.15, -0.1) is 0 Å². The number of rotatable bonds is 10. The average Bonchev–Trinajstić information content (AvgIpc) is 2.83. The Morgan fingerprint density at radius 3 is 1.94 bits per heavy atom. The number of benzene rings is 3. The number of nitrogens with one attached hydrogen (secondary N) is 1. The number of alkyl halides is 3. The molecule has 190 valence electrons. The number of carbonyl (C=O) groups is 2. The van der Waals surface area contributed by atoms with Gasteiger partial charge in [-0.1, -0.05) is 50.2 Å². The number of halogens is 3. The average molecular weight is 500 g/mol. The van der Waals surface area contributed by atoms with Gasteiger partial charge in [0.1, 0.15) is 11.9 Å². The minimum atomic E-state index is -4.37. The van der Waals surface area contributed by atoms with Crippen LogP contribution in [0.2, 0.25) is 0 Å². The second-order valence-corrected chi connectivity index (χ2v) is 8.86. The van der Waals surface area contributed by atoms with Crippen LogP contribution < -0.4 is 10.1 Å². The molecule has 1 unspecified atom stereocenters. The lowest BCUT2D eigenvalue weighted by molar-refractivity contribution is -0.138. The van der Waals surface area contributed by atoms with Gasteiger partial charge in [-0.3, -0.25) is 9.59 Å². The number of hydrogen-bond donors (Lipinski definition) is 2. The van der Waals surface area contributed by atoms with E-state index in [1.807, 2.05) is 24.3 Å². The zero-order valence-electron chi connectivity index (χ0n) is 20.0. The maximum absolute atomic E-state index is 12.8. The lowest BCUT2D eigenvalue weighted by Gasteiger charge is -2.22. The van der Waals surface area contributed by atoms with Crippen LogP contribution in [0.4, 0.5) is 13.2 Å². The predicted octanol–water partition coefficient (Wildman–Crippen LogP) is 6.74. The Hall–Kier alpha value is -3.81. The standard InChI is InChI=1S/C28H28F3NO4/c1-18(2)17-25(36-24-13-9-22(10-14-24)27(35)32-16-15-26(33)34)21-5-3-19(4-6-21)20-7-11-23(12-8-20)28(29,30)31/h3-14,18,25H,15-17H2,1-2H3,(H,32,35)(H,33,34). The molecule has 1 atom stereocenters. The van der Waals surface area contributed by atoms with Crippen molar-refractivity contribution in [3.63, 3.8) is 0 Å². The van der Waals surface area contributed by atoms with Crippen molar-refractivity contribution in [1.29, 1.82) is 0 Å². The topological polar surface area (TPSA) is 75.6 Å². The minimum absolute atomic E-state index is 0.0470. The van der Waals surface area contributed by atoms with Crippen molar-refractivity contribution >= 4 is 11.9 Å². The van der Waals surface area contributed by atoms with Crippen LogP contribution in [0.15, 0.2) is 72.8 Å². The van der Waals surface area contributed by atoms with Gasteiger partial charge < -0.3 is 15.2 Å². The number of carboxylic acids is 1. The number of amides is 1. The van der Waals surface area contributed by atoms with Crippen LogP contribution in [0.1, 0.15) is 54.3 Å². The molecule has 0 aliphatic heterocycles. The van der Waals surface area contributed by atoms with Crippen molar-refractivity contribution in [2.24, 2.45) is 5.92 Å². The quantitative estimate of drug-likeness (QED) is 0.324. The lowest BCUT2D eigenvalue weighted by Crippen LogP contribution is -2.25. The summed E-state index contributed by atoms with van der Waals surface area (Å²) in [5.74, 6) is -0.429. The summed E-state index contributed by atoms with van der Waals surface area (Å²) in [6.45, 7) is 4.21. The molecule has 0 fully saturated rings. The van der Waals surface area contributed by atoms with Crippen LogP contribution in [0, 0.1) is 5.92 Å². The summed E-state index contributed by atoms with van der Waals surface area (Å²) in [4.78, 5) is 22.7. The summed E-state index contributed by atoms with van der Waals surface area (Å²) < 4.78 is 44.7. The monoisotopic (exact) mass is 499 g/mol. The van der Waals surface area contributed by atoms with Gasteiger partial charge in [0.25, 0.3) is 5.91 Å². The van der Waals surface area contributed by atoms with Gasteiger partial charge >= 0.3 is 12.1 Å². The maximum Gasteiger partial charge on any atom is 0.416 e. The van der Waals surface area contributed by atoms with E-state index in [-0.39, 0.29) is 25.0 Å². The van der Waals surface area contributed by atoms with Crippen molar-refractivity contribution in [1.82, 2.24) is 5.32 Å². The van der Waals surface area contributed by atoms with Gasteiger partial charge in [0.2, 0.25) is 0 Å². The summed E-state index contributed by atoms with van der Waals surface area (Å²) in [6.07, 6.45) is -4.05. The molecule has 8 heteroatoms. The molecule has 5 nitrogen and oxygen atoms in total. The van der Waals surface area contributed by atoms with Crippen LogP contribution in [-0.4, -0.2) is 23.5 Å². The summed E-state index contributed by atoms with van der Waals surface area (Å²) in [5.41, 5.74) is 2.13. The highest BCUT2D eigenvalue weighted by Gasteiger charge is 2.30. The van der Waals surface area contributed by atoms with Crippen LogP contribution in [0.25, 0.3) is 11.1 Å². The number of carboxylic acid groups (broad SMARTS) is 1. The minimum Gasteiger partial charge on any atom is -0.486 e. The normalized spacial score (nSPS) is 12.3. The summed E-state index contributed by atoms with van der Waals surface area (Å²) >= 11 is 0. The first-order valence-electron chi connectivity index (χ1n) is 11.6. The Bertz CT molecular complexity index is 1160. The van der Waals surface area contributed by atoms with Crippen molar-refractivity contribution in [2.45, 2.75) is 39.0 Å². The van der Waals surface area contributed by atoms with Crippen LogP contribution in [-0.2, 0) is 11.0 Å². The molecular weight excluding hydrogens is 471 g/mol. The van der Waals surface area contributed by atoms with Crippen molar-refractivity contribution in [2.75, 3.05) is 6.54 Å². The van der Waals surface area contributed by atoms with E-state index < -0.39 is 17.7 Å². The molecule has 0 aliphatic carbocycles. The molecule has 0 heterocycles. The van der Waals surface area contributed by atoms with Gasteiger partial charge in [-0.25, -0.2) is 0 Å². The Kier molecular flexibility index (Phi) is 8.74. The second-order valence-electron chi connectivity index (χ2n) is 8.86. The summed E-state index contributed by atoms with van der Waals surface area (Å²) in [7, 11) is 0. The van der Waals surface area contributed by atoms with Gasteiger partial charge in [-0.2, -0.15) is 13.2 Å². The summed E-state index contributed by atoms with van der Waals surface area (Å²) in [5, 5.41) is 11.2. The highest BCUT2D eigenvalue weighted by molar-refractivity contribution is 5.94. The van der Waals surface area contributed by atoms with E-state index in [0.717, 1.165) is 29.7 Å². The predicted molar refractivity (Wildman–Crippen MR) is 131 cm³/mol. The molecule has 0 bridgehead atoms. The van der Waals surface area contributed by atoms with Crippen molar-refractivity contribution in [3.8, 4) is 16.9 Å². The van der Waals surface area contributed by atoms with E-state index in [0.29, 0.717) is 22.8 Å². The molecule has 3 aromatic carbocycles. The fourth-order valence-electron chi connectivity index (χ4n) is 3.66. The first-order valence-corrected chi connectivity index (χ1v) is 11.6. The molecule has 0 radical (unpaired) electrons. The van der Waals surface area contributed by atoms with E-state index in [1.165, 1.54) is 12.1 Å². The molecule has 0 saturated heterocycles. The zero-order valence-corrected chi connectivity index (χ0v) is 20.0. The van der Waals surface area contributed by atoms with Crippen LogP contribution in [0.3, 0.4) is 0 Å². The maximum atomic E-state index is 12.8. The Morgan fingerprint density at radius 1 is 0.889 bits per heavy atom. The fraction of sp³-hybridized carbons (Fsp3) is 0.286. The van der Waals surface area contributed by atoms with E-state index >= 15 is 0 Å². The SMILES string of the molecule is CC(C)CC(Oc1ccc(C(=O)NCCC(=O)O)cc1)c1ccc(-c2ccc(C(F)(F)F)cc2)cc1. The van der Waals surface area contributed by atoms with E-state index in [2.05, 4.69) is 19.2 Å². The van der Waals surface area contributed by atoms with E-state index in [4.69, 9.17) is 9.84 Å². The molecular formula is C28H28F3NO4. The number of carbonyl (C=O) groups excluding carboxylic acids is 1. The first-order chi connectivity index (χ1) is 17.0. The third-order valence-electron chi connectivity index (χ3n) is 5.53. The molecule has 3 aromatic rings. The van der Waals surface area contributed by atoms with Crippen molar-refractivity contribution in [3.05, 3.63) is 89.5 Å². The molecule has 0 aliphatic rings. The number of aliphatic carboxylic acids is 1. The largest absolute Gasteiger partial charge is 0.486 e. The Morgan fingerprint density at radius 2 is 1.44 bits per heavy atom. The lowest BCUT2D eigenvalue weighted by atomic mass is 9.96. The van der Waals surface area contributed by atoms with Gasteiger partial charge in [0.05, 0.1) is 12.0 Å². The number of hydrogen-bond acceptors (Lipinski definition) is 3. The second kappa shape index (κ2) is 11.7. The number of ether oxygens (including phenoxy) is 1. The summed E-state index contributed by atoms with van der Waals surface area (Å²) in [6, 6.07) is 19.2. The van der Waals surface area contributed by atoms with Crippen LogP contribution >= 0.6 is 0 Å². The highest BCUT2D eigenvalue weighted by atomic mass is 19.4. The van der Waals surface area contributed by atoms with Crippen molar-refractivity contribution < 1.29 is 32.6 Å². The molecule has 2 N–H and O–H groups in total. The van der Waals surface area contributed by atoms with Gasteiger partial charge in [0.15, 0.2) is 0 Å². The highest BCUT2D eigenvalue weighted by Crippen LogP contribution is 2.32. The van der Waals surface area contributed by atoms with Gasteiger partial charge in [0, 0.05) is 12.1 Å². The molecule has 3 rings (SSSR count). The van der Waals surface area contributed by atoms with E-state index in [9.17, 15) is 22.8 Å². The molecule has 0 spiro atoms. The molecule has 0 aromatic heterocycles. The fourth-order valence-corrected chi connectivity index (χ4v) is 3.66. The third-order valence-corrected chi connectivity index (χ3v) is 5.53. The molecule has 36 heavy (non-hydrogen) atoms. The first kappa shape index (κ1) is 26.8. The molecule has 1 amide bonds. The van der Waals surface area contributed by atoms with E-state index in [1.54, 1.807) is 24.3 Å². The third kappa shape index (κ3) is 7.60. The van der Waals surface area contributed by atoms with Gasteiger partial charge in [-0.05, 0) is 65.4 Å². The van der Waals surface area contributed by atoms with Crippen LogP contribution in [0.5, 0.6) is 5.75 Å². The Balaban J connectivity index is 1.70. The smallest absolute Gasteiger partial charge is 0.416 e. The molecule has 0 saturated carbocycles. The zero-order chi connectivity index (χ0) is 26.3.